The van der Waals surface area contributed by atoms with E-state index < -0.39 is 0 Å². The monoisotopic (exact) mass is 365 g/mol. The third-order valence-electron chi connectivity index (χ3n) is 4.72. The molecule has 0 saturated heterocycles. The quantitative estimate of drug-likeness (QED) is 0.477. The van der Waals surface area contributed by atoms with Gasteiger partial charge in [0.1, 0.15) is 5.65 Å². The lowest BCUT2D eigenvalue weighted by Crippen LogP contribution is -1.97. The van der Waals surface area contributed by atoms with Crippen LogP contribution in [0.3, 0.4) is 0 Å². The minimum Gasteiger partial charge on any atom is -0.306 e. The topological polar surface area (TPSA) is 84.2 Å². The number of imidazole rings is 1. The number of nitrogens with zero attached hydrogens (tertiary/aromatic N) is 7. The maximum Gasteiger partial charge on any atom is 0.182 e. The van der Waals surface area contributed by atoms with Crippen molar-refractivity contribution in [3.05, 3.63) is 71.9 Å². The second-order valence-corrected chi connectivity index (χ2v) is 6.66. The van der Waals surface area contributed by atoms with E-state index in [1.54, 1.807) is 12.3 Å². The van der Waals surface area contributed by atoms with Crippen molar-refractivity contribution in [1.29, 1.82) is 5.26 Å². The lowest BCUT2D eigenvalue weighted by Gasteiger charge is -1.98. The number of hydrogen-bond acceptors (Lipinski definition) is 5. The maximum absolute atomic E-state index is 9.11. The van der Waals surface area contributed by atoms with Gasteiger partial charge in [0.25, 0.3) is 0 Å². The normalized spacial score (nSPS) is 11.2. The Morgan fingerprint density at radius 1 is 1.04 bits per heavy atom. The van der Waals surface area contributed by atoms with E-state index in [0.29, 0.717) is 11.4 Å². The average Bonchev–Trinajstić information content (AvgIpc) is 3.35. The van der Waals surface area contributed by atoms with E-state index in [0.717, 1.165) is 39.5 Å². The summed E-state index contributed by atoms with van der Waals surface area (Å²) >= 11 is 0. The van der Waals surface area contributed by atoms with E-state index in [4.69, 9.17) is 10.2 Å². The molecule has 7 nitrogen and oxygen atoms in total. The minimum absolute atomic E-state index is 0.614. The molecule has 0 N–H and O–H groups in total. The summed E-state index contributed by atoms with van der Waals surface area (Å²) in [7, 11) is 0. The number of rotatable bonds is 2. The van der Waals surface area contributed by atoms with Gasteiger partial charge in [-0.2, -0.15) is 5.26 Å². The average molecular weight is 365 g/mol. The Morgan fingerprint density at radius 3 is 2.75 bits per heavy atom. The smallest absolute Gasteiger partial charge is 0.182 e. The molecule has 4 heterocycles. The van der Waals surface area contributed by atoms with Crippen LogP contribution in [0.4, 0.5) is 0 Å². The summed E-state index contributed by atoms with van der Waals surface area (Å²) in [6.45, 7) is 3.88. The zero-order valence-corrected chi connectivity index (χ0v) is 15.3. The van der Waals surface area contributed by atoms with Gasteiger partial charge in [0.2, 0.25) is 0 Å². The van der Waals surface area contributed by atoms with Crippen molar-refractivity contribution in [2.24, 2.45) is 0 Å². The van der Waals surface area contributed by atoms with Crippen LogP contribution in [-0.2, 0) is 0 Å². The molecule has 0 unspecified atom stereocenters. The summed E-state index contributed by atoms with van der Waals surface area (Å²) < 4.78 is 3.76. The lowest BCUT2D eigenvalue weighted by molar-refractivity contribution is 0.891. The number of hydrogen-bond donors (Lipinski definition) is 0. The molecule has 5 aromatic rings. The molecule has 28 heavy (non-hydrogen) atoms. The molecule has 0 aliphatic heterocycles. The number of nitriles is 1. The first kappa shape index (κ1) is 16.1. The van der Waals surface area contributed by atoms with Gasteiger partial charge in [-0.3, -0.25) is 4.98 Å². The minimum atomic E-state index is 0.614. The molecule has 0 saturated carbocycles. The van der Waals surface area contributed by atoms with Gasteiger partial charge in [-0.15, -0.1) is 5.10 Å². The van der Waals surface area contributed by atoms with Gasteiger partial charge in [0.05, 0.1) is 28.7 Å². The molecule has 0 spiro atoms. The van der Waals surface area contributed by atoms with Crippen LogP contribution in [0.5, 0.6) is 0 Å². The summed E-state index contributed by atoms with van der Waals surface area (Å²) in [5.41, 5.74) is 6.54. The highest BCUT2D eigenvalue weighted by Crippen LogP contribution is 2.24. The summed E-state index contributed by atoms with van der Waals surface area (Å²) in [5.74, 6) is 0.637. The Morgan fingerprint density at radius 2 is 1.93 bits per heavy atom. The molecule has 0 amide bonds. The standard InChI is InChI=1S/C21H15N7/c1-13-11-23-14(2)21-25-20(26-28(13)21)17-6-7-27-12-18(24-19(27)9-17)16-5-3-4-15(8-16)10-22/h3-9,11-12H,1-2H3. The van der Waals surface area contributed by atoms with Gasteiger partial charge in [0.15, 0.2) is 11.5 Å². The van der Waals surface area contributed by atoms with Crippen LogP contribution in [-0.4, -0.2) is 29.0 Å². The first-order valence-corrected chi connectivity index (χ1v) is 8.81. The Bertz CT molecular complexity index is 1360. The number of pyridine rings is 1. The van der Waals surface area contributed by atoms with E-state index in [9.17, 15) is 0 Å². The van der Waals surface area contributed by atoms with Gasteiger partial charge in [-0.25, -0.2) is 14.5 Å². The molecule has 1 aromatic carbocycles. The number of fused-ring (bicyclic) bond motifs is 2. The van der Waals surface area contributed by atoms with Crippen LogP contribution in [0.2, 0.25) is 0 Å². The predicted octanol–water partition coefficient (Wildman–Crippen LogP) is 3.59. The molecule has 4 aromatic heterocycles. The number of aromatic nitrogens is 6. The SMILES string of the molecule is Cc1ncc(C)n2nc(-c3ccn4cc(-c5cccc(C#N)c5)nc4c3)nc12. The molecule has 0 bridgehead atoms. The maximum atomic E-state index is 9.11. The van der Waals surface area contributed by atoms with Crippen LogP contribution in [0.15, 0.2) is 55.0 Å². The highest BCUT2D eigenvalue weighted by Gasteiger charge is 2.12. The van der Waals surface area contributed by atoms with Crippen molar-refractivity contribution in [2.45, 2.75) is 13.8 Å². The van der Waals surface area contributed by atoms with E-state index in [-0.39, 0.29) is 0 Å². The lowest BCUT2D eigenvalue weighted by atomic mass is 10.1. The zero-order valence-electron chi connectivity index (χ0n) is 15.3. The third kappa shape index (κ3) is 2.51. The van der Waals surface area contributed by atoms with Crippen molar-refractivity contribution >= 4 is 11.3 Å². The van der Waals surface area contributed by atoms with E-state index >= 15 is 0 Å². The second kappa shape index (κ2) is 5.99. The fourth-order valence-corrected chi connectivity index (χ4v) is 3.23. The molecule has 0 fully saturated rings. The Hall–Kier alpha value is -4.05. The zero-order chi connectivity index (χ0) is 19.3. The van der Waals surface area contributed by atoms with Crippen molar-refractivity contribution < 1.29 is 0 Å². The van der Waals surface area contributed by atoms with Gasteiger partial charge in [-0.05, 0) is 38.1 Å². The highest BCUT2D eigenvalue weighted by atomic mass is 15.3. The van der Waals surface area contributed by atoms with Gasteiger partial charge in [0, 0.05) is 29.7 Å². The molecule has 0 atom stereocenters. The predicted molar refractivity (Wildman–Crippen MR) is 105 cm³/mol. The summed E-state index contributed by atoms with van der Waals surface area (Å²) in [6.07, 6.45) is 5.68. The summed E-state index contributed by atoms with van der Waals surface area (Å²) in [6, 6.07) is 13.5. The largest absolute Gasteiger partial charge is 0.306 e. The van der Waals surface area contributed by atoms with Gasteiger partial charge in [-0.1, -0.05) is 12.1 Å². The van der Waals surface area contributed by atoms with Crippen LogP contribution in [0, 0.1) is 25.2 Å². The fraction of sp³-hybridized carbons (Fsp3) is 0.0952. The Kier molecular flexibility index (Phi) is 3.46. The van der Waals surface area contributed by atoms with Crippen molar-refractivity contribution in [3.8, 4) is 28.7 Å². The Balaban J connectivity index is 1.62. The van der Waals surface area contributed by atoms with E-state index in [1.165, 1.54) is 0 Å². The molecule has 0 radical (unpaired) electrons. The molecule has 5 rings (SSSR count). The molecular weight excluding hydrogens is 350 g/mol. The van der Waals surface area contributed by atoms with Gasteiger partial charge >= 0.3 is 0 Å². The van der Waals surface area contributed by atoms with Crippen molar-refractivity contribution in [2.75, 3.05) is 0 Å². The third-order valence-corrected chi connectivity index (χ3v) is 4.72. The van der Waals surface area contributed by atoms with Crippen LogP contribution < -0.4 is 0 Å². The first-order valence-electron chi connectivity index (χ1n) is 8.81. The second-order valence-electron chi connectivity index (χ2n) is 6.66. The molecule has 0 aliphatic rings. The van der Waals surface area contributed by atoms with Crippen LogP contribution in [0.1, 0.15) is 17.0 Å². The summed E-state index contributed by atoms with van der Waals surface area (Å²) in [5, 5.41) is 13.7. The van der Waals surface area contributed by atoms with Crippen molar-refractivity contribution in [3.63, 3.8) is 0 Å². The molecular formula is C21H15N7. The molecule has 134 valence electrons. The number of aryl methyl sites for hydroxylation is 2. The summed E-state index contributed by atoms with van der Waals surface area (Å²) in [4.78, 5) is 13.7. The first-order chi connectivity index (χ1) is 13.6. The Labute approximate surface area is 160 Å². The van der Waals surface area contributed by atoms with Crippen LogP contribution in [0.25, 0.3) is 33.9 Å². The molecule has 7 heteroatoms. The number of benzene rings is 1. The molecule has 0 aliphatic carbocycles. The highest BCUT2D eigenvalue weighted by molar-refractivity contribution is 5.68. The van der Waals surface area contributed by atoms with E-state index in [2.05, 4.69) is 21.1 Å². The van der Waals surface area contributed by atoms with Crippen LogP contribution >= 0.6 is 0 Å². The van der Waals surface area contributed by atoms with Crippen molar-refractivity contribution in [1.82, 2.24) is 29.0 Å². The van der Waals surface area contributed by atoms with E-state index in [1.807, 2.05) is 65.5 Å². The fourth-order valence-electron chi connectivity index (χ4n) is 3.23. The van der Waals surface area contributed by atoms with Gasteiger partial charge < -0.3 is 4.40 Å².